The van der Waals surface area contributed by atoms with Crippen LogP contribution in [0.4, 0.5) is 0 Å². The first-order chi connectivity index (χ1) is 15.5. The second kappa shape index (κ2) is 11.1. The number of nitrogens with two attached hydrogens (primary N) is 3. The maximum atomic E-state index is 11.1. The predicted molar refractivity (Wildman–Crippen MR) is 120 cm³/mol. The molecule has 0 amide bonds. The smallest absolute Gasteiger partial charge is 0.185 e. The van der Waals surface area contributed by atoms with Crippen molar-refractivity contribution in [3.8, 4) is 0 Å². The van der Waals surface area contributed by atoms with Gasteiger partial charge in [-0.15, -0.1) is 0 Å². The van der Waals surface area contributed by atoms with Crippen LogP contribution in [-0.2, 0) is 18.9 Å². The Kier molecular flexibility index (Phi) is 9.09. The van der Waals surface area contributed by atoms with E-state index < -0.39 is 60.7 Å². The second-order valence-corrected chi connectivity index (χ2v) is 9.91. The molecule has 1 aliphatic carbocycles. The maximum absolute atomic E-state index is 11.1. The Morgan fingerprint density at radius 1 is 0.970 bits per heavy atom. The van der Waals surface area contributed by atoms with Crippen molar-refractivity contribution in [2.24, 2.45) is 17.2 Å². The highest BCUT2D eigenvalue weighted by atomic mass is 16.7. The molecule has 0 aromatic rings. The molecule has 3 aliphatic rings. The molecule has 12 nitrogen and oxygen atoms in total. The summed E-state index contributed by atoms with van der Waals surface area (Å²) in [5.74, 6) is 0. The van der Waals surface area contributed by atoms with Gasteiger partial charge in [0, 0.05) is 18.1 Å². The minimum Gasteiger partial charge on any atom is -0.388 e. The van der Waals surface area contributed by atoms with Gasteiger partial charge in [0.15, 0.2) is 12.6 Å². The number of ether oxygens (including phenoxy) is 4. The molecule has 2 aliphatic heterocycles. The molecule has 0 radical (unpaired) electrons. The Hall–Kier alpha value is -0.480. The highest BCUT2D eigenvalue weighted by molar-refractivity contribution is 5.02. The molecule has 0 aromatic heterocycles. The van der Waals surface area contributed by atoms with Gasteiger partial charge in [-0.25, -0.2) is 0 Å². The van der Waals surface area contributed by atoms with Gasteiger partial charge in [-0.1, -0.05) is 0 Å². The van der Waals surface area contributed by atoms with Crippen LogP contribution < -0.4 is 27.8 Å². The van der Waals surface area contributed by atoms with Gasteiger partial charge in [-0.2, -0.15) is 0 Å². The topological polar surface area (TPSA) is 200 Å². The van der Waals surface area contributed by atoms with Crippen molar-refractivity contribution < 1.29 is 34.3 Å². The van der Waals surface area contributed by atoms with Crippen LogP contribution in [0.3, 0.4) is 0 Å². The zero-order valence-corrected chi connectivity index (χ0v) is 20.0. The minimum absolute atomic E-state index is 0.0620. The molecule has 2 heterocycles. The van der Waals surface area contributed by atoms with Gasteiger partial charge in [-0.3, -0.25) is 0 Å². The monoisotopic (exact) mass is 477 g/mol. The minimum atomic E-state index is -1.29. The maximum Gasteiger partial charge on any atom is 0.185 e. The number of hydrogen-bond donors (Lipinski definition) is 8. The van der Waals surface area contributed by atoms with E-state index in [1.54, 1.807) is 14.0 Å². The van der Waals surface area contributed by atoms with Crippen molar-refractivity contribution in [2.75, 3.05) is 20.7 Å². The quantitative estimate of drug-likeness (QED) is 0.182. The second-order valence-electron chi connectivity index (χ2n) is 9.91. The summed E-state index contributed by atoms with van der Waals surface area (Å²) in [6, 6.07) is -2.11. The highest BCUT2D eigenvalue weighted by Gasteiger charge is 2.50. The van der Waals surface area contributed by atoms with Gasteiger partial charge in [0.25, 0.3) is 0 Å². The largest absolute Gasteiger partial charge is 0.388 e. The zero-order valence-electron chi connectivity index (χ0n) is 20.0. The lowest BCUT2D eigenvalue weighted by molar-refractivity contribution is -0.307. The van der Waals surface area contributed by atoms with E-state index in [1.807, 2.05) is 14.0 Å². The van der Waals surface area contributed by atoms with Gasteiger partial charge in [-0.05, 0) is 47.2 Å². The number of aliphatic hydroxyl groups excluding tert-OH is 2. The fourth-order valence-electron chi connectivity index (χ4n) is 5.04. The van der Waals surface area contributed by atoms with Crippen LogP contribution in [0.1, 0.15) is 33.1 Å². The van der Waals surface area contributed by atoms with Gasteiger partial charge < -0.3 is 62.1 Å². The summed E-state index contributed by atoms with van der Waals surface area (Å²) in [6.07, 6.45) is -4.22. The fourth-order valence-corrected chi connectivity index (χ4v) is 5.04. The Balaban J connectivity index is 1.68. The summed E-state index contributed by atoms with van der Waals surface area (Å²) in [5.41, 5.74) is 17.5. The number of hydrogen-bond acceptors (Lipinski definition) is 12. The lowest BCUT2D eigenvalue weighted by Gasteiger charge is -2.48. The van der Waals surface area contributed by atoms with Gasteiger partial charge in [0.1, 0.15) is 30.0 Å². The summed E-state index contributed by atoms with van der Waals surface area (Å²) >= 11 is 0. The predicted octanol–water partition coefficient (Wildman–Crippen LogP) is -3.33. The van der Waals surface area contributed by atoms with Crippen molar-refractivity contribution >= 4 is 0 Å². The average molecular weight is 478 g/mol. The molecular formula is C21H43N5O7. The van der Waals surface area contributed by atoms with Crippen molar-refractivity contribution in [3.63, 3.8) is 0 Å². The standard InChI is InChI=1S/C21H43N5O7/c1-9(25-3)13-6-5-10(22)19(31-13)32-16-11(23)7-12(24)17(14(16)27)33-20-15(28)18(26-4)21(2,29)8-30-20/h9-20,25-29H,5-8,22-24H2,1-4H3/t9?,10-,11-,12-,13+,14-,15-,16-,17-,18-,19-,20-,21+/m1/s1. The Labute approximate surface area is 195 Å². The van der Waals surface area contributed by atoms with Gasteiger partial charge in [0.2, 0.25) is 0 Å². The molecule has 194 valence electrons. The molecule has 3 rings (SSSR count). The molecule has 3 fully saturated rings. The van der Waals surface area contributed by atoms with E-state index in [9.17, 15) is 15.3 Å². The van der Waals surface area contributed by atoms with Crippen LogP contribution in [-0.4, -0.2) is 115 Å². The van der Waals surface area contributed by atoms with Crippen molar-refractivity contribution in [3.05, 3.63) is 0 Å². The van der Waals surface area contributed by atoms with Crippen molar-refractivity contribution in [2.45, 2.75) is 112 Å². The van der Waals surface area contributed by atoms with Crippen LogP contribution in [0.15, 0.2) is 0 Å². The number of aliphatic hydroxyl groups is 3. The summed E-state index contributed by atoms with van der Waals surface area (Å²) in [6.45, 7) is 3.52. The third kappa shape index (κ3) is 5.85. The van der Waals surface area contributed by atoms with Crippen LogP contribution >= 0.6 is 0 Å². The Morgan fingerprint density at radius 2 is 1.58 bits per heavy atom. The summed E-state index contributed by atoms with van der Waals surface area (Å²) in [4.78, 5) is 0. The van der Waals surface area contributed by atoms with Crippen LogP contribution in [0.2, 0.25) is 0 Å². The number of rotatable bonds is 7. The molecule has 2 saturated heterocycles. The van der Waals surface area contributed by atoms with Crippen LogP contribution in [0, 0.1) is 0 Å². The molecule has 13 atom stereocenters. The van der Waals surface area contributed by atoms with E-state index in [0.717, 1.165) is 6.42 Å². The van der Waals surface area contributed by atoms with E-state index in [1.165, 1.54) is 0 Å². The molecule has 33 heavy (non-hydrogen) atoms. The summed E-state index contributed by atoms with van der Waals surface area (Å²) in [5, 5.41) is 38.3. The van der Waals surface area contributed by atoms with Crippen LogP contribution in [0.5, 0.6) is 0 Å². The summed E-state index contributed by atoms with van der Waals surface area (Å²) in [7, 11) is 3.49. The van der Waals surface area contributed by atoms with Crippen LogP contribution in [0.25, 0.3) is 0 Å². The van der Waals surface area contributed by atoms with Gasteiger partial charge >= 0.3 is 0 Å². The average Bonchev–Trinajstić information content (AvgIpc) is 2.76. The highest BCUT2D eigenvalue weighted by Crippen LogP contribution is 2.31. The molecule has 0 spiro atoms. The van der Waals surface area contributed by atoms with E-state index in [0.29, 0.717) is 12.8 Å². The van der Waals surface area contributed by atoms with Crippen molar-refractivity contribution in [1.82, 2.24) is 10.6 Å². The Bertz CT molecular complexity index is 632. The first-order valence-corrected chi connectivity index (χ1v) is 11.8. The normalized spacial score (nSPS) is 50.2. The number of likely N-dealkylation sites (N-methyl/N-ethyl adjacent to an activating group) is 2. The number of nitrogens with one attached hydrogen (secondary N) is 2. The fraction of sp³-hybridized carbons (Fsp3) is 1.00. The van der Waals surface area contributed by atoms with E-state index in [-0.39, 0.29) is 24.8 Å². The summed E-state index contributed by atoms with van der Waals surface area (Å²) < 4.78 is 23.7. The van der Waals surface area contributed by atoms with Gasteiger partial charge in [0.05, 0.1) is 24.8 Å². The lowest BCUT2D eigenvalue weighted by Crippen LogP contribution is -2.68. The lowest BCUT2D eigenvalue weighted by atomic mass is 9.84. The van der Waals surface area contributed by atoms with E-state index >= 15 is 0 Å². The molecule has 0 bridgehead atoms. The van der Waals surface area contributed by atoms with E-state index in [4.69, 9.17) is 36.1 Å². The first-order valence-electron chi connectivity index (χ1n) is 11.8. The molecule has 12 heteroatoms. The SMILES string of the molecule is CNC(C)[C@@H]1CC[C@@H](N)[C@@H](O[C@H]2[C@@H](O)[C@H](O[C@H]3OC[C@](C)(O)[C@H](NC)[C@H]3O)[C@H](N)C[C@H]2N)O1. The molecular weight excluding hydrogens is 434 g/mol. The van der Waals surface area contributed by atoms with Crippen molar-refractivity contribution in [1.29, 1.82) is 0 Å². The molecule has 1 saturated carbocycles. The molecule has 11 N–H and O–H groups in total. The Morgan fingerprint density at radius 3 is 2.15 bits per heavy atom. The molecule has 1 unspecified atom stereocenters. The third-order valence-corrected chi connectivity index (χ3v) is 7.24. The first kappa shape index (κ1) is 27.1. The zero-order chi connectivity index (χ0) is 24.5. The third-order valence-electron chi connectivity index (χ3n) is 7.24. The molecule has 0 aromatic carbocycles. The van der Waals surface area contributed by atoms with E-state index in [2.05, 4.69) is 10.6 Å².